The molecule has 0 amide bonds. The van der Waals surface area contributed by atoms with Gasteiger partial charge in [-0.25, -0.2) is 9.97 Å². The van der Waals surface area contributed by atoms with Crippen LogP contribution < -0.4 is 10.1 Å². The van der Waals surface area contributed by atoms with Crippen LogP contribution in [0.4, 0.5) is 5.82 Å². The molecule has 4 heteroatoms. The quantitative estimate of drug-likeness (QED) is 0.896. The molecule has 4 nitrogen and oxygen atoms in total. The molecule has 106 valence electrons. The predicted molar refractivity (Wildman–Crippen MR) is 81.6 cm³/mol. The maximum absolute atomic E-state index is 5.96. The van der Waals surface area contributed by atoms with Crippen molar-refractivity contribution in [1.29, 1.82) is 0 Å². The summed E-state index contributed by atoms with van der Waals surface area (Å²) in [7, 11) is 0. The molecule has 0 saturated heterocycles. The molecule has 0 aliphatic heterocycles. The molecule has 2 rings (SSSR count). The first-order valence-corrected chi connectivity index (χ1v) is 6.98. The molecule has 0 bridgehead atoms. The number of hydrogen-bond donors (Lipinski definition) is 1. The van der Waals surface area contributed by atoms with Crippen molar-refractivity contribution < 1.29 is 4.74 Å². The average molecular weight is 271 g/mol. The van der Waals surface area contributed by atoms with E-state index in [1.165, 1.54) is 17.5 Å². The lowest BCUT2D eigenvalue weighted by Gasteiger charge is -2.13. The highest BCUT2D eigenvalue weighted by atomic mass is 16.5. The number of nitrogens with zero attached hydrogens (tertiary/aromatic N) is 2. The van der Waals surface area contributed by atoms with Gasteiger partial charge < -0.3 is 10.1 Å². The van der Waals surface area contributed by atoms with E-state index in [2.05, 4.69) is 42.1 Å². The van der Waals surface area contributed by atoms with Gasteiger partial charge in [-0.2, -0.15) is 0 Å². The molecule has 1 aromatic carbocycles. The summed E-state index contributed by atoms with van der Waals surface area (Å²) < 4.78 is 5.96. The Morgan fingerprint density at radius 3 is 2.35 bits per heavy atom. The van der Waals surface area contributed by atoms with Gasteiger partial charge in [0.15, 0.2) is 0 Å². The Labute approximate surface area is 120 Å². The molecule has 0 unspecified atom stereocenters. The van der Waals surface area contributed by atoms with Crippen LogP contribution in [-0.2, 0) is 6.42 Å². The molecule has 0 aliphatic rings. The van der Waals surface area contributed by atoms with E-state index in [4.69, 9.17) is 4.74 Å². The molecule has 0 radical (unpaired) electrons. The second-order valence-corrected chi connectivity index (χ2v) is 4.82. The van der Waals surface area contributed by atoms with E-state index in [-0.39, 0.29) is 0 Å². The topological polar surface area (TPSA) is 47.0 Å². The average Bonchev–Trinajstić information content (AvgIpc) is 2.38. The lowest BCUT2D eigenvalue weighted by atomic mass is 10.1. The Balaban J connectivity index is 2.35. The third kappa shape index (κ3) is 3.26. The zero-order valence-corrected chi connectivity index (χ0v) is 12.5. The minimum Gasteiger partial charge on any atom is -0.439 e. The van der Waals surface area contributed by atoms with Gasteiger partial charge in [0.25, 0.3) is 0 Å². The molecular formula is C16H21N3O. The maximum Gasteiger partial charge on any atom is 0.227 e. The van der Waals surface area contributed by atoms with E-state index >= 15 is 0 Å². The summed E-state index contributed by atoms with van der Waals surface area (Å²) in [6.07, 6.45) is 2.36. The van der Waals surface area contributed by atoms with Crippen LogP contribution in [0.2, 0.25) is 0 Å². The lowest BCUT2D eigenvalue weighted by molar-refractivity contribution is 0.455. The molecular weight excluding hydrogens is 250 g/mol. The second kappa shape index (κ2) is 6.37. The fraction of sp³-hybridized carbons (Fsp3) is 0.375. The number of anilines is 1. The number of aryl methyl sites for hydroxylation is 2. The van der Waals surface area contributed by atoms with Crippen molar-refractivity contribution in [2.24, 2.45) is 0 Å². The molecule has 0 saturated carbocycles. The Kier molecular flexibility index (Phi) is 4.56. The zero-order chi connectivity index (χ0) is 14.5. The highest BCUT2D eigenvalue weighted by Crippen LogP contribution is 2.28. The van der Waals surface area contributed by atoms with Gasteiger partial charge in [-0.1, -0.05) is 13.0 Å². The van der Waals surface area contributed by atoms with Crippen molar-refractivity contribution in [1.82, 2.24) is 9.97 Å². The Morgan fingerprint density at radius 1 is 1.05 bits per heavy atom. The molecule has 0 spiro atoms. The van der Waals surface area contributed by atoms with Gasteiger partial charge in [-0.15, -0.1) is 0 Å². The van der Waals surface area contributed by atoms with E-state index in [9.17, 15) is 0 Å². The molecule has 2 aromatic rings. The Morgan fingerprint density at radius 2 is 1.75 bits per heavy atom. The van der Waals surface area contributed by atoms with Crippen LogP contribution >= 0.6 is 0 Å². The van der Waals surface area contributed by atoms with Crippen LogP contribution in [0.25, 0.3) is 0 Å². The van der Waals surface area contributed by atoms with E-state index in [0.29, 0.717) is 5.88 Å². The standard InChI is InChI=1S/C16H21N3O/c1-5-14-15(17-6-2)18-10-19-16(14)20-13-8-11(3)7-12(4)9-13/h7-10H,5-6H2,1-4H3,(H,17,18,19). The number of hydrogen-bond acceptors (Lipinski definition) is 4. The molecule has 1 heterocycles. The van der Waals surface area contributed by atoms with Crippen molar-refractivity contribution in [3.8, 4) is 11.6 Å². The number of ether oxygens (including phenoxy) is 1. The van der Waals surface area contributed by atoms with Crippen LogP contribution in [0.3, 0.4) is 0 Å². The fourth-order valence-corrected chi connectivity index (χ4v) is 2.23. The zero-order valence-electron chi connectivity index (χ0n) is 12.5. The van der Waals surface area contributed by atoms with Crippen molar-refractivity contribution in [3.05, 3.63) is 41.2 Å². The largest absolute Gasteiger partial charge is 0.439 e. The summed E-state index contributed by atoms with van der Waals surface area (Å²) in [6.45, 7) is 9.07. The first kappa shape index (κ1) is 14.3. The van der Waals surface area contributed by atoms with E-state index in [1.807, 2.05) is 19.1 Å². The van der Waals surface area contributed by atoms with E-state index < -0.39 is 0 Å². The molecule has 1 N–H and O–H groups in total. The van der Waals surface area contributed by atoms with Crippen molar-refractivity contribution in [2.45, 2.75) is 34.1 Å². The van der Waals surface area contributed by atoms with Crippen molar-refractivity contribution in [3.63, 3.8) is 0 Å². The van der Waals surface area contributed by atoms with Gasteiger partial charge >= 0.3 is 0 Å². The highest BCUT2D eigenvalue weighted by Gasteiger charge is 2.11. The number of benzene rings is 1. The molecule has 0 atom stereocenters. The molecule has 0 aliphatic carbocycles. The number of aromatic nitrogens is 2. The summed E-state index contributed by atoms with van der Waals surface area (Å²) in [4.78, 5) is 8.55. The molecule has 0 fully saturated rings. The van der Waals surface area contributed by atoms with E-state index in [0.717, 1.165) is 30.1 Å². The van der Waals surface area contributed by atoms with Gasteiger partial charge in [0, 0.05) is 6.54 Å². The Hall–Kier alpha value is -2.10. The number of rotatable bonds is 5. The van der Waals surface area contributed by atoms with Gasteiger partial charge in [-0.05, 0) is 50.5 Å². The van der Waals surface area contributed by atoms with Gasteiger partial charge in [0.05, 0.1) is 5.56 Å². The third-order valence-corrected chi connectivity index (χ3v) is 3.01. The number of nitrogens with one attached hydrogen (secondary N) is 1. The SMILES string of the molecule is CCNc1ncnc(Oc2cc(C)cc(C)c2)c1CC. The fourth-order valence-electron chi connectivity index (χ4n) is 2.23. The van der Waals surface area contributed by atoms with Crippen LogP contribution in [-0.4, -0.2) is 16.5 Å². The second-order valence-electron chi connectivity index (χ2n) is 4.82. The first-order valence-electron chi connectivity index (χ1n) is 6.98. The van der Waals surface area contributed by atoms with Gasteiger partial charge in [-0.3, -0.25) is 0 Å². The summed E-state index contributed by atoms with van der Waals surface area (Å²) in [5.41, 5.74) is 3.37. The van der Waals surface area contributed by atoms with Crippen LogP contribution in [0.5, 0.6) is 11.6 Å². The molecule has 1 aromatic heterocycles. The van der Waals surface area contributed by atoms with Crippen LogP contribution in [0.1, 0.15) is 30.5 Å². The summed E-state index contributed by atoms with van der Waals surface area (Å²) in [6, 6.07) is 6.15. The molecule has 20 heavy (non-hydrogen) atoms. The normalized spacial score (nSPS) is 10.4. The van der Waals surface area contributed by atoms with Gasteiger partial charge in [0.1, 0.15) is 17.9 Å². The van der Waals surface area contributed by atoms with Crippen molar-refractivity contribution in [2.75, 3.05) is 11.9 Å². The third-order valence-electron chi connectivity index (χ3n) is 3.01. The van der Waals surface area contributed by atoms with Crippen LogP contribution in [0, 0.1) is 13.8 Å². The Bertz CT molecular complexity index is 576. The summed E-state index contributed by atoms with van der Waals surface area (Å²) in [5.74, 6) is 2.30. The highest BCUT2D eigenvalue weighted by molar-refractivity contribution is 5.50. The minimum atomic E-state index is 0.628. The monoisotopic (exact) mass is 271 g/mol. The smallest absolute Gasteiger partial charge is 0.227 e. The maximum atomic E-state index is 5.96. The van der Waals surface area contributed by atoms with Crippen molar-refractivity contribution >= 4 is 5.82 Å². The minimum absolute atomic E-state index is 0.628. The lowest BCUT2D eigenvalue weighted by Crippen LogP contribution is -2.05. The predicted octanol–water partition coefficient (Wildman–Crippen LogP) is 3.88. The van der Waals surface area contributed by atoms with Crippen LogP contribution in [0.15, 0.2) is 24.5 Å². The summed E-state index contributed by atoms with van der Waals surface area (Å²) in [5, 5.41) is 3.24. The summed E-state index contributed by atoms with van der Waals surface area (Å²) >= 11 is 0. The first-order chi connectivity index (χ1) is 9.63. The van der Waals surface area contributed by atoms with Gasteiger partial charge in [0.2, 0.25) is 5.88 Å². The van der Waals surface area contributed by atoms with E-state index in [1.54, 1.807) is 0 Å².